The van der Waals surface area contributed by atoms with Gasteiger partial charge in [0.25, 0.3) is 5.89 Å². The fourth-order valence-electron chi connectivity index (χ4n) is 2.51. The summed E-state index contributed by atoms with van der Waals surface area (Å²) in [7, 11) is 1.57. The molecule has 7 heteroatoms. The van der Waals surface area contributed by atoms with Gasteiger partial charge < -0.3 is 9.15 Å². The van der Waals surface area contributed by atoms with E-state index in [1.54, 1.807) is 24.9 Å². The van der Waals surface area contributed by atoms with E-state index in [0.29, 0.717) is 16.6 Å². The molecule has 3 aromatic rings. The Morgan fingerprint density at radius 2 is 1.89 bits per heavy atom. The van der Waals surface area contributed by atoms with Crippen LogP contribution in [0.1, 0.15) is 19.4 Å². The summed E-state index contributed by atoms with van der Waals surface area (Å²) in [5, 5.41) is 11.0. The Bertz CT molecular complexity index is 907. The number of methoxy groups -OCH3 is 1. The highest BCUT2D eigenvalue weighted by atomic mass is 32.2. The second-order valence-corrected chi connectivity index (χ2v) is 7.80. The van der Waals surface area contributed by atoms with Crippen LogP contribution in [-0.2, 0) is 11.2 Å². The molecule has 0 spiro atoms. The first kappa shape index (κ1) is 19.0. The summed E-state index contributed by atoms with van der Waals surface area (Å²) >= 11 is 1.79. The number of hydrogen-bond acceptors (Lipinski definition) is 6. The maximum atomic E-state index is 12.2. The van der Waals surface area contributed by atoms with Crippen molar-refractivity contribution in [2.75, 3.05) is 12.4 Å². The number of benzene rings is 2. The molecule has 6 nitrogen and oxygen atoms in total. The number of amides is 1. The van der Waals surface area contributed by atoms with Crippen molar-refractivity contribution >= 4 is 23.7 Å². The number of aromatic nitrogens is 2. The summed E-state index contributed by atoms with van der Waals surface area (Å²) in [5.41, 5.74) is 1.59. The molecule has 27 heavy (non-hydrogen) atoms. The van der Waals surface area contributed by atoms with Crippen LogP contribution >= 0.6 is 11.8 Å². The number of carbonyl (C=O) groups excluding carboxylic acids is 1. The summed E-state index contributed by atoms with van der Waals surface area (Å²) in [6.07, 6.45) is 0.235. The molecule has 1 amide bonds. The number of nitrogens with one attached hydrogen (secondary N) is 1. The molecule has 0 aliphatic carbocycles. The highest BCUT2D eigenvalue weighted by Crippen LogP contribution is 2.29. The van der Waals surface area contributed by atoms with Crippen molar-refractivity contribution in [1.29, 1.82) is 0 Å². The van der Waals surface area contributed by atoms with Crippen LogP contribution in [0.5, 0.6) is 5.75 Å². The quantitative estimate of drug-likeness (QED) is 0.608. The van der Waals surface area contributed by atoms with E-state index in [0.717, 1.165) is 5.56 Å². The maximum Gasteiger partial charge on any atom is 0.322 e. The Hall–Kier alpha value is -2.80. The molecule has 0 fully saturated rings. The van der Waals surface area contributed by atoms with Crippen LogP contribution in [0.3, 0.4) is 0 Å². The van der Waals surface area contributed by atoms with Gasteiger partial charge in [-0.2, -0.15) is 0 Å². The fraction of sp³-hybridized carbons (Fsp3) is 0.250. The molecule has 3 rings (SSSR count). The van der Waals surface area contributed by atoms with E-state index >= 15 is 0 Å². The van der Waals surface area contributed by atoms with Gasteiger partial charge in [0.2, 0.25) is 5.91 Å². The molecule has 0 aliphatic rings. The molecular formula is C20H21N3O3S. The van der Waals surface area contributed by atoms with Gasteiger partial charge in [-0.25, -0.2) is 0 Å². The minimum Gasteiger partial charge on any atom is -0.496 e. The Morgan fingerprint density at radius 3 is 2.59 bits per heavy atom. The van der Waals surface area contributed by atoms with Crippen LogP contribution in [0, 0.1) is 0 Å². The Balaban J connectivity index is 1.62. The molecule has 0 bridgehead atoms. The van der Waals surface area contributed by atoms with Crippen LogP contribution in [0.4, 0.5) is 6.01 Å². The number of carbonyl (C=O) groups is 1. The van der Waals surface area contributed by atoms with E-state index < -0.39 is 0 Å². The minimum absolute atomic E-state index is 0.0629. The van der Waals surface area contributed by atoms with Crippen molar-refractivity contribution < 1.29 is 13.9 Å². The van der Waals surface area contributed by atoms with Crippen LogP contribution in [0.25, 0.3) is 11.5 Å². The molecule has 0 saturated carbocycles. The Kier molecular flexibility index (Phi) is 6.13. The van der Waals surface area contributed by atoms with Gasteiger partial charge >= 0.3 is 6.01 Å². The molecule has 0 aliphatic heterocycles. The van der Waals surface area contributed by atoms with Crippen molar-refractivity contribution in [1.82, 2.24) is 10.2 Å². The number of anilines is 1. The van der Waals surface area contributed by atoms with E-state index in [9.17, 15) is 4.79 Å². The smallest absolute Gasteiger partial charge is 0.322 e. The number of thioether (sulfide) groups is 1. The van der Waals surface area contributed by atoms with Crippen molar-refractivity contribution in [2.24, 2.45) is 0 Å². The highest BCUT2D eigenvalue weighted by Gasteiger charge is 2.14. The van der Waals surface area contributed by atoms with Gasteiger partial charge in [0.05, 0.1) is 19.1 Å². The van der Waals surface area contributed by atoms with Gasteiger partial charge in [-0.1, -0.05) is 43.2 Å². The largest absolute Gasteiger partial charge is 0.496 e. The second kappa shape index (κ2) is 8.73. The van der Waals surface area contributed by atoms with E-state index in [2.05, 4.69) is 29.4 Å². The van der Waals surface area contributed by atoms with Crippen molar-refractivity contribution in [3.05, 3.63) is 54.1 Å². The molecule has 0 radical (unpaired) electrons. The average Bonchev–Trinajstić information content (AvgIpc) is 3.11. The molecule has 1 aromatic heterocycles. The second-order valence-electron chi connectivity index (χ2n) is 6.15. The van der Waals surface area contributed by atoms with Crippen molar-refractivity contribution in [3.63, 3.8) is 0 Å². The van der Waals surface area contributed by atoms with Crippen LogP contribution in [-0.4, -0.2) is 28.5 Å². The predicted octanol–water partition coefficient (Wildman–Crippen LogP) is 4.43. The number of para-hydroxylation sites is 1. The highest BCUT2D eigenvalue weighted by molar-refractivity contribution is 7.99. The lowest BCUT2D eigenvalue weighted by Gasteiger charge is -2.06. The standard InChI is InChI=1S/C20H21N3O3S/c1-13(2)27-15-10-8-14(9-11-15)12-18(24)21-20-23-22-19(26-20)16-6-4-5-7-17(16)25-3/h4-11,13H,12H2,1-3H3,(H,21,23,24). The third kappa shape index (κ3) is 5.10. The Morgan fingerprint density at radius 1 is 1.15 bits per heavy atom. The molecule has 0 unspecified atom stereocenters. The lowest BCUT2D eigenvalue weighted by Crippen LogP contribution is -2.14. The number of rotatable bonds is 7. The van der Waals surface area contributed by atoms with Crippen molar-refractivity contribution in [3.8, 4) is 17.2 Å². The van der Waals surface area contributed by atoms with E-state index in [4.69, 9.17) is 9.15 Å². The molecule has 0 saturated heterocycles. The summed E-state index contributed by atoms with van der Waals surface area (Å²) in [6, 6.07) is 15.4. The van der Waals surface area contributed by atoms with Gasteiger partial charge in [0, 0.05) is 10.1 Å². The average molecular weight is 383 g/mol. The van der Waals surface area contributed by atoms with Gasteiger partial charge in [0.1, 0.15) is 5.75 Å². The lowest BCUT2D eigenvalue weighted by atomic mass is 10.1. The molecule has 1 heterocycles. The summed E-state index contributed by atoms with van der Waals surface area (Å²) in [5.74, 6) is 0.700. The van der Waals surface area contributed by atoms with Gasteiger partial charge in [-0.3, -0.25) is 10.1 Å². The van der Waals surface area contributed by atoms with Crippen LogP contribution < -0.4 is 10.1 Å². The topological polar surface area (TPSA) is 77.3 Å². The monoisotopic (exact) mass is 383 g/mol. The maximum absolute atomic E-state index is 12.2. The zero-order chi connectivity index (χ0) is 19.2. The fourth-order valence-corrected chi connectivity index (χ4v) is 3.35. The van der Waals surface area contributed by atoms with Gasteiger partial charge in [0.15, 0.2) is 0 Å². The zero-order valence-corrected chi connectivity index (χ0v) is 16.2. The van der Waals surface area contributed by atoms with Gasteiger partial charge in [-0.05, 0) is 29.8 Å². The van der Waals surface area contributed by atoms with E-state index in [-0.39, 0.29) is 24.2 Å². The minimum atomic E-state index is -0.213. The lowest BCUT2D eigenvalue weighted by molar-refractivity contribution is -0.115. The first-order chi connectivity index (χ1) is 13.0. The first-order valence-electron chi connectivity index (χ1n) is 8.57. The van der Waals surface area contributed by atoms with Crippen LogP contribution in [0.15, 0.2) is 57.8 Å². The zero-order valence-electron chi connectivity index (χ0n) is 15.4. The molecule has 2 aromatic carbocycles. The molecule has 0 atom stereocenters. The summed E-state index contributed by atoms with van der Waals surface area (Å²) in [6.45, 7) is 4.30. The molecular weight excluding hydrogens is 362 g/mol. The third-order valence-electron chi connectivity index (χ3n) is 3.67. The third-order valence-corrected chi connectivity index (χ3v) is 4.68. The van der Waals surface area contributed by atoms with Crippen molar-refractivity contribution in [2.45, 2.75) is 30.4 Å². The van der Waals surface area contributed by atoms with Crippen LogP contribution in [0.2, 0.25) is 0 Å². The van der Waals surface area contributed by atoms with E-state index in [1.165, 1.54) is 4.90 Å². The summed E-state index contributed by atoms with van der Waals surface area (Å²) < 4.78 is 10.8. The first-order valence-corrected chi connectivity index (χ1v) is 9.45. The number of ether oxygens (including phenoxy) is 1. The number of hydrogen-bond donors (Lipinski definition) is 1. The van der Waals surface area contributed by atoms with Gasteiger partial charge in [-0.15, -0.1) is 16.9 Å². The SMILES string of the molecule is COc1ccccc1-c1nnc(NC(=O)Cc2ccc(SC(C)C)cc2)o1. The Labute approximate surface area is 162 Å². The number of nitrogens with zero attached hydrogens (tertiary/aromatic N) is 2. The van der Waals surface area contributed by atoms with E-state index in [1.807, 2.05) is 42.5 Å². The molecule has 140 valence electrons. The normalized spacial score (nSPS) is 10.8. The summed E-state index contributed by atoms with van der Waals surface area (Å²) in [4.78, 5) is 13.4. The predicted molar refractivity (Wildman–Crippen MR) is 106 cm³/mol. The molecule has 1 N–H and O–H groups in total.